The second kappa shape index (κ2) is 24.5. The van der Waals surface area contributed by atoms with Gasteiger partial charge >= 0.3 is 31.6 Å². The molecule has 0 aliphatic carbocycles. The first-order chi connectivity index (χ1) is 22.1. The zero-order valence-corrected chi connectivity index (χ0v) is 27.1. The third-order valence-corrected chi connectivity index (χ3v) is 7.78. The molecule has 0 aromatic heterocycles. The van der Waals surface area contributed by atoms with E-state index in [1.54, 1.807) is 0 Å². The van der Waals surface area contributed by atoms with Crippen molar-refractivity contribution in [3.63, 3.8) is 0 Å². The number of amides is 3. The van der Waals surface area contributed by atoms with Gasteiger partial charge in [-0.25, -0.2) is 19.2 Å². The van der Waals surface area contributed by atoms with Crippen molar-refractivity contribution < 1.29 is 68.0 Å². The molecule has 1 unspecified atom stereocenters. The second-order valence-corrected chi connectivity index (χ2v) is 12.2. The van der Waals surface area contributed by atoms with E-state index in [0.717, 1.165) is 19.3 Å². The highest BCUT2D eigenvalue weighted by Crippen LogP contribution is 2.38. The van der Waals surface area contributed by atoms with Gasteiger partial charge in [0.1, 0.15) is 18.1 Å². The molecule has 0 fully saturated rings. The summed E-state index contributed by atoms with van der Waals surface area (Å²) in [6.45, 7) is 0.520. The molecule has 0 aliphatic rings. The van der Waals surface area contributed by atoms with Crippen molar-refractivity contribution in [3.05, 3.63) is 0 Å². The van der Waals surface area contributed by atoms with Crippen molar-refractivity contribution in [2.24, 2.45) is 5.73 Å². The molecule has 47 heavy (non-hydrogen) atoms. The molecule has 19 nitrogen and oxygen atoms in total. The average Bonchev–Trinajstić information content (AvgIpc) is 2.98. The molecule has 0 aromatic carbocycles. The number of rotatable bonds is 29. The molecule has 0 saturated carbocycles. The molecule has 11 N–H and O–H groups in total. The number of aliphatic carboxylic acids is 4. The van der Waals surface area contributed by atoms with Gasteiger partial charge < -0.3 is 47.0 Å². The molecule has 0 bridgehead atoms. The highest BCUT2D eigenvalue weighted by atomic mass is 31.2. The minimum absolute atomic E-state index is 0.0295. The van der Waals surface area contributed by atoms with E-state index in [1.165, 1.54) is 0 Å². The van der Waals surface area contributed by atoms with Crippen LogP contribution in [-0.4, -0.2) is 105 Å². The van der Waals surface area contributed by atoms with Gasteiger partial charge in [0.15, 0.2) is 0 Å². The zero-order valence-electron chi connectivity index (χ0n) is 26.2. The summed E-state index contributed by atoms with van der Waals surface area (Å²) in [5.74, 6) is -7.15. The fourth-order valence-electron chi connectivity index (χ4n) is 4.05. The van der Waals surface area contributed by atoms with E-state index in [4.69, 9.17) is 20.5 Å². The van der Waals surface area contributed by atoms with Crippen molar-refractivity contribution in [3.8, 4) is 0 Å². The maximum absolute atomic E-state index is 12.3. The average molecular weight is 698 g/mol. The molecule has 0 aliphatic heterocycles. The molecule has 270 valence electrons. The van der Waals surface area contributed by atoms with Crippen molar-refractivity contribution >= 4 is 49.3 Å². The van der Waals surface area contributed by atoms with Crippen LogP contribution in [0.25, 0.3) is 0 Å². The Morgan fingerprint density at radius 2 is 1.13 bits per heavy atom. The quantitative estimate of drug-likeness (QED) is 0.0360. The van der Waals surface area contributed by atoms with E-state index in [-0.39, 0.29) is 31.6 Å². The molecule has 3 amide bonds. The Balaban J connectivity index is 4.50. The molecule has 0 aromatic rings. The van der Waals surface area contributed by atoms with E-state index < -0.39 is 87.4 Å². The van der Waals surface area contributed by atoms with E-state index in [1.807, 2.05) is 5.09 Å². The van der Waals surface area contributed by atoms with Crippen molar-refractivity contribution in [2.45, 2.75) is 108 Å². The van der Waals surface area contributed by atoms with E-state index in [9.17, 15) is 53.2 Å². The molecule has 4 atom stereocenters. The molecule has 20 heteroatoms. The maximum atomic E-state index is 12.3. The number of hydrogen-bond acceptors (Lipinski definition) is 10. The first-order valence-corrected chi connectivity index (χ1v) is 16.9. The van der Waals surface area contributed by atoms with Crippen LogP contribution in [-0.2, 0) is 42.7 Å². The lowest BCUT2D eigenvalue weighted by Gasteiger charge is -2.19. The monoisotopic (exact) mass is 697 g/mol. The Labute approximate surface area is 272 Å². The number of carboxylic acid groups (broad SMARTS) is 4. The van der Waals surface area contributed by atoms with Gasteiger partial charge in [0.05, 0.1) is 6.61 Å². The Morgan fingerprint density at radius 3 is 1.68 bits per heavy atom. The fraction of sp³-hybridized carbons (Fsp3) is 0.741. The Bertz CT molecular complexity index is 1090. The molecule has 0 radical (unpaired) electrons. The third kappa shape index (κ3) is 23.4. The number of carbonyl (C=O) groups excluding carboxylic acids is 3. The van der Waals surface area contributed by atoms with Gasteiger partial charge in [0.2, 0.25) is 17.7 Å². The smallest absolute Gasteiger partial charge is 0.403 e. The van der Waals surface area contributed by atoms with E-state index >= 15 is 0 Å². The van der Waals surface area contributed by atoms with Crippen LogP contribution in [0.1, 0.15) is 89.9 Å². The third-order valence-electron chi connectivity index (χ3n) is 6.60. The van der Waals surface area contributed by atoms with Gasteiger partial charge in [0.25, 0.3) is 0 Å². The standard InChI is InChI=1S/C27H48N5O14P/c28-15-5-1-3-9-21(33)29-16-6-2-4-10-22(34)31-19(26(40)41)11-13-23(35)30-18(25(38)39)8-7-17-46-47(44,45)32-20(27(42)43)12-14-24(36)37/h18-20H,1-17,28H2,(H,29,33)(H,30,35)(H,31,34)(H,36,37)(H,38,39)(H,40,41)(H,42,43)(H2,32,44,45)/t18-,19-,20-/m0/s1. The minimum atomic E-state index is -4.71. The molecule has 0 rings (SSSR count). The van der Waals surface area contributed by atoms with Gasteiger partial charge in [-0.15, -0.1) is 0 Å². The maximum Gasteiger partial charge on any atom is 0.403 e. The summed E-state index contributed by atoms with van der Waals surface area (Å²) in [5.41, 5.74) is 5.41. The SMILES string of the molecule is NCCCCCC(=O)NCCCCCC(=O)N[C@@H](CCC(=O)N[C@@H](CCCOP(=O)(O)N[C@@H](CCC(=O)O)C(=O)O)C(=O)O)C(=O)O. The summed E-state index contributed by atoms with van der Waals surface area (Å²) in [6, 6.07) is -4.57. The van der Waals surface area contributed by atoms with E-state index in [2.05, 4.69) is 16.0 Å². The summed E-state index contributed by atoms with van der Waals surface area (Å²) in [4.78, 5) is 91.1. The largest absolute Gasteiger partial charge is 0.481 e. The highest BCUT2D eigenvalue weighted by molar-refractivity contribution is 7.50. The van der Waals surface area contributed by atoms with Crippen LogP contribution in [0.3, 0.4) is 0 Å². The minimum Gasteiger partial charge on any atom is -0.481 e. The van der Waals surface area contributed by atoms with Crippen LogP contribution in [0.2, 0.25) is 0 Å². The van der Waals surface area contributed by atoms with Crippen LogP contribution in [0.5, 0.6) is 0 Å². The van der Waals surface area contributed by atoms with Crippen molar-refractivity contribution in [1.82, 2.24) is 21.0 Å². The van der Waals surface area contributed by atoms with Gasteiger partial charge in [-0.1, -0.05) is 12.8 Å². The highest BCUT2D eigenvalue weighted by Gasteiger charge is 2.30. The van der Waals surface area contributed by atoms with Crippen molar-refractivity contribution in [1.29, 1.82) is 0 Å². The number of carboxylic acids is 4. The fourth-order valence-corrected chi connectivity index (χ4v) is 5.14. The summed E-state index contributed by atoms with van der Waals surface area (Å²) in [7, 11) is -4.71. The van der Waals surface area contributed by atoms with Gasteiger partial charge in [-0.05, 0) is 57.9 Å². The summed E-state index contributed by atoms with van der Waals surface area (Å²) in [6.07, 6.45) is 2.36. The normalized spacial score (nSPS) is 14.2. The Morgan fingerprint density at radius 1 is 0.617 bits per heavy atom. The van der Waals surface area contributed by atoms with E-state index in [0.29, 0.717) is 38.8 Å². The predicted molar refractivity (Wildman–Crippen MR) is 164 cm³/mol. The van der Waals surface area contributed by atoms with Crippen LogP contribution >= 0.6 is 7.75 Å². The topological polar surface area (TPSA) is 321 Å². The summed E-state index contributed by atoms with van der Waals surface area (Å²) in [5, 5.41) is 45.7. The zero-order chi connectivity index (χ0) is 35.8. The predicted octanol–water partition coefficient (Wildman–Crippen LogP) is -0.0941. The number of nitrogens with two attached hydrogens (primary N) is 1. The summed E-state index contributed by atoms with van der Waals surface area (Å²) < 4.78 is 16.8. The van der Waals surface area contributed by atoms with Gasteiger partial charge in [-0.3, -0.25) is 28.5 Å². The lowest BCUT2D eigenvalue weighted by Crippen LogP contribution is -2.44. The Kier molecular flexibility index (Phi) is 22.6. The molecular formula is C27H48N5O14P. The lowest BCUT2D eigenvalue weighted by molar-refractivity contribution is -0.143. The molecular weight excluding hydrogens is 649 g/mol. The van der Waals surface area contributed by atoms with Crippen LogP contribution < -0.4 is 26.8 Å². The first kappa shape index (κ1) is 43.4. The first-order valence-electron chi connectivity index (χ1n) is 15.3. The van der Waals surface area contributed by atoms with Gasteiger partial charge in [-0.2, -0.15) is 0 Å². The van der Waals surface area contributed by atoms with Gasteiger partial charge in [0, 0.05) is 32.2 Å². The number of unbranched alkanes of at least 4 members (excludes halogenated alkanes) is 4. The van der Waals surface area contributed by atoms with Crippen LogP contribution in [0.15, 0.2) is 0 Å². The number of nitrogens with one attached hydrogen (secondary N) is 4. The van der Waals surface area contributed by atoms with Crippen LogP contribution in [0.4, 0.5) is 0 Å². The summed E-state index contributed by atoms with van der Waals surface area (Å²) >= 11 is 0. The second-order valence-electron chi connectivity index (χ2n) is 10.7. The molecule has 0 spiro atoms. The Hall–Kier alpha value is -3.64. The number of carbonyl (C=O) groups is 7. The van der Waals surface area contributed by atoms with Crippen LogP contribution in [0, 0.1) is 0 Å². The lowest BCUT2D eigenvalue weighted by atomic mass is 10.1. The number of hydrogen-bond donors (Lipinski definition) is 10. The van der Waals surface area contributed by atoms with Crippen molar-refractivity contribution in [2.75, 3.05) is 19.7 Å². The molecule has 0 heterocycles. The molecule has 0 saturated heterocycles.